The van der Waals surface area contributed by atoms with E-state index in [0.29, 0.717) is 6.04 Å². The minimum Gasteiger partial charge on any atom is -0.326 e. The smallest absolute Gasteiger partial charge is 0.0497 e. The van der Waals surface area contributed by atoms with E-state index in [9.17, 15) is 0 Å². The van der Waals surface area contributed by atoms with E-state index in [1.165, 1.54) is 37.9 Å². The van der Waals surface area contributed by atoms with Gasteiger partial charge in [-0.25, -0.2) is 0 Å². The molecule has 0 aromatic heterocycles. The second-order valence-electron chi connectivity index (χ2n) is 6.54. The van der Waals surface area contributed by atoms with Gasteiger partial charge in [0.15, 0.2) is 0 Å². The highest BCUT2D eigenvalue weighted by atomic mass is 35.5. The van der Waals surface area contributed by atoms with Crippen molar-refractivity contribution >= 4 is 11.6 Å². The Labute approximate surface area is 133 Å². The maximum Gasteiger partial charge on any atom is 0.0497 e. The van der Waals surface area contributed by atoms with Gasteiger partial charge in [-0.2, -0.15) is 0 Å². The summed E-state index contributed by atoms with van der Waals surface area (Å²) in [6, 6.07) is 9.35. The summed E-state index contributed by atoms with van der Waals surface area (Å²) in [5.41, 5.74) is 7.59. The van der Waals surface area contributed by atoms with Crippen molar-refractivity contribution in [2.24, 2.45) is 5.73 Å². The molecule has 0 spiro atoms. The number of halogens is 1. The first kappa shape index (κ1) is 15.3. The molecule has 116 valence electrons. The number of benzene rings is 1. The van der Waals surface area contributed by atoms with Crippen molar-refractivity contribution in [2.45, 2.75) is 44.3 Å². The maximum atomic E-state index is 6.30. The standard InChI is InChI=1S/C17H26ClN3/c1-13(19)17(14-4-6-15(18)7-5-14)21-11-8-16(12-21)20-9-2-3-10-20/h4-7,13,16-17H,2-3,8-12,19H2,1H3. The fraction of sp³-hybridized carbons (Fsp3) is 0.647. The Hall–Kier alpha value is -0.610. The molecule has 0 saturated carbocycles. The van der Waals surface area contributed by atoms with Crippen LogP contribution in [0, 0.1) is 0 Å². The summed E-state index contributed by atoms with van der Waals surface area (Å²) in [5.74, 6) is 0. The Morgan fingerprint density at radius 1 is 1.14 bits per heavy atom. The summed E-state index contributed by atoms with van der Waals surface area (Å²) in [4.78, 5) is 5.23. The molecule has 2 aliphatic heterocycles. The van der Waals surface area contributed by atoms with Crippen LogP contribution in [0.15, 0.2) is 24.3 Å². The molecule has 3 atom stereocenters. The van der Waals surface area contributed by atoms with Crippen LogP contribution in [-0.2, 0) is 0 Å². The summed E-state index contributed by atoms with van der Waals surface area (Å²) in [7, 11) is 0. The Kier molecular flexibility index (Phi) is 4.85. The Bertz CT molecular complexity index is 454. The van der Waals surface area contributed by atoms with Gasteiger partial charge in [-0.05, 0) is 57.0 Å². The predicted molar refractivity (Wildman–Crippen MR) is 88.6 cm³/mol. The Balaban J connectivity index is 1.71. The number of likely N-dealkylation sites (tertiary alicyclic amines) is 2. The van der Waals surface area contributed by atoms with E-state index >= 15 is 0 Å². The van der Waals surface area contributed by atoms with Gasteiger partial charge in [-0.1, -0.05) is 23.7 Å². The lowest BCUT2D eigenvalue weighted by Crippen LogP contribution is -2.41. The maximum absolute atomic E-state index is 6.30. The van der Waals surface area contributed by atoms with Gasteiger partial charge in [0.05, 0.1) is 0 Å². The molecule has 2 fully saturated rings. The molecule has 4 heteroatoms. The highest BCUT2D eigenvalue weighted by Crippen LogP contribution is 2.30. The van der Waals surface area contributed by atoms with Crippen LogP contribution in [0.25, 0.3) is 0 Å². The molecular formula is C17H26ClN3. The van der Waals surface area contributed by atoms with Crippen LogP contribution in [0.1, 0.15) is 37.8 Å². The second-order valence-corrected chi connectivity index (χ2v) is 6.97. The van der Waals surface area contributed by atoms with Crippen LogP contribution in [0.2, 0.25) is 5.02 Å². The summed E-state index contributed by atoms with van der Waals surface area (Å²) >= 11 is 6.01. The molecule has 3 rings (SSSR count). The van der Waals surface area contributed by atoms with Crippen molar-refractivity contribution in [2.75, 3.05) is 26.2 Å². The summed E-state index contributed by atoms with van der Waals surface area (Å²) in [6.45, 7) is 6.97. The first-order valence-electron chi connectivity index (χ1n) is 8.14. The molecular weight excluding hydrogens is 282 g/mol. The van der Waals surface area contributed by atoms with Crippen LogP contribution in [0.3, 0.4) is 0 Å². The van der Waals surface area contributed by atoms with Crippen molar-refractivity contribution in [1.29, 1.82) is 0 Å². The zero-order valence-corrected chi connectivity index (χ0v) is 13.6. The third-order valence-corrected chi connectivity index (χ3v) is 5.21. The van der Waals surface area contributed by atoms with Gasteiger partial charge in [-0.3, -0.25) is 9.80 Å². The van der Waals surface area contributed by atoms with E-state index < -0.39 is 0 Å². The third-order valence-electron chi connectivity index (χ3n) is 4.95. The van der Waals surface area contributed by atoms with Crippen LogP contribution in [-0.4, -0.2) is 48.1 Å². The zero-order valence-electron chi connectivity index (χ0n) is 12.8. The van der Waals surface area contributed by atoms with E-state index in [4.69, 9.17) is 17.3 Å². The molecule has 0 radical (unpaired) electrons. The number of nitrogens with two attached hydrogens (primary N) is 1. The number of hydrogen-bond acceptors (Lipinski definition) is 3. The average molecular weight is 308 g/mol. The minimum absolute atomic E-state index is 0.128. The van der Waals surface area contributed by atoms with Crippen molar-refractivity contribution < 1.29 is 0 Å². The first-order chi connectivity index (χ1) is 10.1. The molecule has 3 nitrogen and oxygen atoms in total. The van der Waals surface area contributed by atoms with Gasteiger partial charge in [-0.15, -0.1) is 0 Å². The lowest BCUT2D eigenvalue weighted by Gasteiger charge is -2.32. The van der Waals surface area contributed by atoms with Crippen LogP contribution >= 0.6 is 11.6 Å². The number of hydrogen-bond donors (Lipinski definition) is 1. The van der Waals surface area contributed by atoms with Gasteiger partial charge in [0, 0.05) is 36.2 Å². The van der Waals surface area contributed by atoms with E-state index in [1.54, 1.807) is 0 Å². The molecule has 1 aromatic carbocycles. The monoisotopic (exact) mass is 307 g/mol. The molecule has 0 aliphatic carbocycles. The average Bonchev–Trinajstić information content (AvgIpc) is 3.11. The van der Waals surface area contributed by atoms with Crippen LogP contribution in [0.5, 0.6) is 0 Å². The lowest BCUT2D eigenvalue weighted by atomic mass is 9.99. The third kappa shape index (κ3) is 3.42. The molecule has 21 heavy (non-hydrogen) atoms. The summed E-state index contributed by atoms with van der Waals surface area (Å²) < 4.78 is 0. The Morgan fingerprint density at radius 3 is 2.43 bits per heavy atom. The highest BCUT2D eigenvalue weighted by molar-refractivity contribution is 6.30. The first-order valence-corrected chi connectivity index (χ1v) is 8.52. The molecule has 2 aliphatic rings. The normalized spacial score (nSPS) is 27.1. The SMILES string of the molecule is CC(N)C(c1ccc(Cl)cc1)N1CCC(N2CCCC2)C1. The zero-order chi connectivity index (χ0) is 14.8. The van der Waals surface area contributed by atoms with E-state index in [0.717, 1.165) is 24.2 Å². The fourth-order valence-corrected chi connectivity index (χ4v) is 4.06. The van der Waals surface area contributed by atoms with Gasteiger partial charge < -0.3 is 5.73 Å². The van der Waals surface area contributed by atoms with E-state index in [1.807, 2.05) is 12.1 Å². The summed E-state index contributed by atoms with van der Waals surface area (Å²) in [6.07, 6.45) is 4.01. The summed E-state index contributed by atoms with van der Waals surface area (Å²) in [5, 5.41) is 0.790. The van der Waals surface area contributed by atoms with E-state index in [-0.39, 0.29) is 6.04 Å². The molecule has 0 bridgehead atoms. The van der Waals surface area contributed by atoms with Gasteiger partial charge in [0.25, 0.3) is 0 Å². The quantitative estimate of drug-likeness (QED) is 0.928. The molecule has 2 saturated heterocycles. The number of rotatable bonds is 4. The minimum atomic E-state index is 0.128. The predicted octanol–water partition coefficient (Wildman–Crippen LogP) is 2.90. The molecule has 2 N–H and O–H groups in total. The molecule has 3 unspecified atom stereocenters. The van der Waals surface area contributed by atoms with Gasteiger partial charge >= 0.3 is 0 Å². The van der Waals surface area contributed by atoms with Crippen molar-refractivity contribution in [3.63, 3.8) is 0 Å². The van der Waals surface area contributed by atoms with Crippen LogP contribution < -0.4 is 5.73 Å². The van der Waals surface area contributed by atoms with Gasteiger partial charge in [0.2, 0.25) is 0 Å². The molecule has 0 amide bonds. The van der Waals surface area contributed by atoms with Crippen molar-refractivity contribution in [3.05, 3.63) is 34.9 Å². The Morgan fingerprint density at radius 2 is 1.81 bits per heavy atom. The van der Waals surface area contributed by atoms with Gasteiger partial charge in [0.1, 0.15) is 0 Å². The van der Waals surface area contributed by atoms with E-state index in [2.05, 4.69) is 28.9 Å². The van der Waals surface area contributed by atoms with Crippen LogP contribution in [0.4, 0.5) is 0 Å². The molecule has 1 aromatic rings. The second kappa shape index (κ2) is 6.66. The highest BCUT2D eigenvalue weighted by Gasteiger charge is 2.34. The van der Waals surface area contributed by atoms with Crippen molar-refractivity contribution in [3.8, 4) is 0 Å². The lowest BCUT2D eigenvalue weighted by molar-refractivity contribution is 0.185. The number of nitrogens with zero attached hydrogens (tertiary/aromatic N) is 2. The topological polar surface area (TPSA) is 32.5 Å². The fourth-order valence-electron chi connectivity index (χ4n) is 3.93. The molecule has 2 heterocycles. The van der Waals surface area contributed by atoms with Crippen molar-refractivity contribution in [1.82, 2.24) is 9.80 Å². The largest absolute Gasteiger partial charge is 0.326 e.